The first kappa shape index (κ1) is 18.1. The molecule has 0 fully saturated rings. The zero-order valence-corrected chi connectivity index (χ0v) is 14.0. The van der Waals surface area contributed by atoms with Gasteiger partial charge < -0.3 is 9.47 Å². The molecule has 0 saturated carbocycles. The van der Waals surface area contributed by atoms with Gasteiger partial charge in [0.15, 0.2) is 11.5 Å². The summed E-state index contributed by atoms with van der Waals surface area (Å²) < 4.78 is 10.6. The summed E-state index contributed by atoms with van der Waals surface area (Å²) in [6, 6.07) is 9.31. The Morgan fingerprint density at radius 3 is 2.92 bits per heavy atom. The van der Waals surface area contributed by atoms with Gasteiger partial charge in [-0.25, -0.2) is 0 Å². The van der Waals surface area contributed by atoms with Crippen LogP contribution in [0.5, 0.6) is 11.5 Å². The molecule has 0 atom stereocenters. The Labute approximate surface area is 149 Å². The number of nitrogens with zero attached hydrogens (tertiary/aromatic N) is 2. The van der Waals surface area contributed by atoms with Gasteiger partial charge in [0.25, 0.3) is 5.69 Å². The van der Waals surface area contributed by atoms with Crippen molar-refractivity contribution < 1.29 is 14.4 Å². The van der Waals surface area contributed by atoms with E-state index in [1.165, 1.54) is 25.5 Å². The highest BCUT2D eigenvalue weighted by atomic mass is 35.5. The first-order valence-electron chi connectivity index (χ1n) is 7.02. The minimum absolute atomic E-state index is 0.0278. The van der Waals surface area contributed by atoms with Gasteiger partial charge in [-0.2, -0.15) is 5.10 Å². The molecule has 0 aromatic heterocycles. The van der Waals surface area contributed by atoms with Crippen molar-refractivity contribution in [2.45, 2.75) is 0 Å². The number of hydrogen-bond donors (Lipinski definition) is 1. The van der Waals surface area contributed by atoms with Gasteiger partial charge in [0.2, 0.25) is 0 Å². The average Bonchev–Trinajstić information content (AvgIpc) is 2.60. The molecule has 7 nitrogen and oxygen atoms in total. The molecular formula is C17H14ClN3O4. The molecule has 2 aromatic rings. The molecule has 0 radical (unpaired) electrons. The van der Waals surface area contributed by atoms with Crippen LogP contribution in [0.3, 0.4) is 0 Å². The van der Waals surface area contributed by atoms with Crippen LogP contribution < -0.4 is 14.9 Å². The van der Waals surface area contributed by atoms with Crippen molar-refractivity contribution in [2.75, 3.05) is 19.1 Å². The molecule has 0 aliphatic rings. The fourth-order valence-electron chi connectivity index (χ4n) is 1.94. The summed E-state index contributed by atoms with van der Waals surface area (Å²) in [6.07, 6.45) is 6.67. The summed E-state index contributed by atoms with van der Waals surface area (Å²) in [5, 5.41) is 15.1. The topological polar surface area (TPSA) is 86.0 Å². The Morgan fingerprint density at radius 1 is 1.44 bits per heavy atom. The van der Waals surface area contributed by atoms with Gasteiger partial charge in [-0.05, 0) is 23.8 Å². The molecule has 0 saturated heterocycles. The second-order valence-electron chi connectivity index (χ2n) is 4.70. The van der Waals surface area contributed by atoms with E-state index in [-0.39, 0.29) is 12.3 Å². The number of methoxy groups -OCH3 is 1. The summed E-state index contributed by atoms with van der Waals surface area (Å²) in [5.41, 5.74) is 3.82. The van der Waals surface area contributed by atoms with Crippen LogP contribution in [0.25, 0.3) is 0 Å². The number of ether oxygens (including phenoxy) is 2. The van der Waals surface area contributed by atoms with Crippen molar-refractivity contribution in [3.8, 4) is 23.8 Å². The van der Waals surface area contributed by atoms with Gasteiger partial charge in [-0.3, -0.25) is 15.5 Å². The molecule has 0 aliphatic carbocycles. The smallest absolute Gasteiger partial charge is 0.271 e. The van der Waals surface area contributed by atoms with Crippen LogP contribution in [0.2, 0.25) is 5.02 Å². The highest BCUT2D eigenvalue weighted by Gasteiger charge is 2.11. The van der Waals surface area contributed by atoms with Crippen molar-refractivity contribution in [1.29, 1.82) is 0 Å². The third-order valence-corrected chi connectivity index (χ3v) is 3.30. The molecule has 128 valence electrons. The largest absolute Gasteiger partial charge is 0.493 e. The zero-order valence-electron chi connectivity index (χ0n) is 13.2. The normalized spacial score (nSPS) is 10.3. The predicted molar refractivity (Wildman–Crippen MR) is 96.6 cm³/mol. The molecule has 1 N–H and O–H groups in total. The molecule has 2 aromatic carbocycles. The Morgan fingerprint density at radius 2 is 2.24 bits per heavy atom. The highest BCUT2D eigenvalue weighted by molar-refractivity contribution is 6.32. The lowest BCUT2D eigenvalue weighted by molar-refractivity contribution is -0.384. The number of non-ortho nitro benzene ring substituents is 1. The van der Waals surface area contributed by atoms with Crippen molar-refractivity contribution in [1.82, 2.24) is 0 Å². The quantitative estimate of drug-likeness (QED) is 0.352. The van der Waals surface area contributed by atoms with Crippen molar-refractivity contribution >= 4 is 29.2 Å². The Kier molecular flexibility index (Phi) is 6.20. The number of benzene rings is 2. The Hall–Kier alpha value is -3.24. The standard InChI is InChI=1S/C17H14ClN3O4/c1-3-7-25-17-15(18)8-12(9-16(17)24-2)11-19-20-13-5-4-6-14(10-13)21(22)23/h1,4-6,8-11,20H,7H2,2H3/b19-11-. The molecular weight excluding hydrogens is 346 g/mol. The number of anilines is 1. The van der Waals surface area contributed by atoms with Crippen LogP contribution in [0.15, 0.2) is 41.5 Å². The highest BCUT2D eigenvalue weighted by Crippen LogP contribution is 2.36. The van der Waals surface area contributed by atoms with Gasteiger partial charge in [0.1, 0.15) is 6.61 Å². The molecule has 0 unspecified atom stereocenters. The number of halogens is 1. The second-order valence-corrected chi connectivity index (χ2v) is 5.11. The zero-order chi connectivity index (χ0) is 18.2. The third-order valence-electron chi connectivity index (χ3n) is 3.02. The van der Waals surface area contributed by atoms with E-state index in [0.29, 0.717) is 27.8 Å². The Balaban J connectivity index is 2.16. The van der Waals surface area contributed by atoms with Crippen molar-refractivity contribution in [3.63, 3.8) is 0 Å². The first-order chi connectivity index (χ1) is 12.0. The monoisotopic (exact) mass is 359 g/mol. The third kappa shape index (κ3) is 4.86. The van der Waals surface area contributed by atoms with E-state index in [4.69, 9.17) is 27.5 Å². The summed E-state index contributed by atoms with van der Waals surface area (Å²) in [6.45, 7) is 0.0673. The van der Waals surface area contributed by atoms with E-state index in [1.807, 2.05) is 0 Å². The van der Waals surface area contributed by atoms with Crippen LogP contribution in [0, 0.1) is 22.5 Å². The number of hydrazone groups is 1. The van der Waals surface area contributed by atoms with E-state index in [9.17, 15) is 10.1 Å². The summed E-state index contributed by atoms with van der Waals surface area (Å²) in [7, 11) is 1.48. The average molecular weight is 360 g/mol. The fraction of sp³-hybridized carbons (Fsp3) is 0.118. The molecule has 25 heavy (non-hydrogen) atoms. The second kappa shape index (κ2) is 8.57. The number of nitro groups is 1. The number of terminal acetylenes is 1. The SMILES string of the molecule is C#CCOc1c(Cl)cc(/C=N\Nc2cccc([N+](=O)[O-])c2)cc1OC. The summed E-state index contributed by atoms with van der Waals surface area (Å²) in [5.74, 6) is 3.12. The molecule has 2 rings (SSSR count). The number of hydrogen-bond acceptors (Lipinski definition) is 6. The minimum atomic E-state index is -0.478. The van der Waals surface area contributed by atoms with Gasteiger partial charge in [-0.1, -0.05) is 23.6 Å². The van der Waals surface area contributed by atoms with Gasteiger partial charge in [-0.15, -0.1) is 6.42 Å². The lowest BCUT2D eigenvalue weighted by Gasteiger charge is -2.11. The molecule has 0 aliphatic heterocycles. The van der Waals surface area contributed by atoms with Gasteiger partial charge >= 0.3 is 0 Å². The maximum absolute atomic E-state index is 10.8. The van der Waals surface area contributed by atoms with Crippen molar-refractivity contribution in [3.05, 3.63) is 57.1 Å². The van der Waals surface area contributed by atoms with Crippen molar-refractivity contribution in [2.24, 2.45) is 5.10 Å². The van der Waals surface area contributed by atoms with Crippen LogP contribution in [0.1, 0.15) is 5.56 Å². The van der Waals surface area contributed by atoms with Gasteiger partial charge in [0, 0.05) is 12.1 Å². The molecule has 0 spiro atoms. The van der Waals surface area contributed by atoms with Crippen LogP contribution in [0.4, 0.5) is 11.4 Å². The van der Waals surface area contributed by atoms with Crippen LogP contribution >= 0.6 is 11.6 Å². The predicted octanol–water partition coefficient (Wildman–Crippen LogP) is 3.71. The molecule has 8 heteroatoms. The summed E-state index contributed by atoms with van der Waals surface area (Å²) in [4.78, 5) is 10.3. The van der Waals surface area contributed by atoms with Crippen LogP contribution in [-0.4, -0.2) is 24.9 Å². The lowest BCUT2D eigenvalue weighted by atomic mass is 10.2. The summed E-state index contributed by atoms with van der Waals surface area (Å²) >= 11 is 6.17. The number of nitro benzene ring substituents is 1. The molecule has 0 amide bonds. The Bertz CT molecular complexity index is 846. The number of rotatable bonds is 7. The minimum Gasteiger partial charge on any atom is -0.493 e. The molecule has 0 heterocycles. The fourth-order valence-corrected chi connectivity index (χ4v) is 2.21. The van der Waals surface area contributed by atoms with E-state index in [2.05, 4.69) is 16.4 Å². The maximum Gasteiger partial charge on any atom is 0.271 e. The first-order valence-corrected chi connectivity index (χ1v) is 7.40. The van der Waals surface area contributed by atoms with Gasteiger partial charge in [0.05, 0.1) is 29.0 Å². The maximum atomic E-state index is 10.8. The number of nitrogens with one attached hydrogen (secondary N) is 1. The van der Waals surface area contributed by atoms with Crippen LogP contribution in [-0.2, 0) is 0 Å². The van der Waals surface area contributed by atoms with E-state index >= 15 is 0 Å². The van der Waals surface area contributed by atoms with E-state index < -0.39 is 4.92 Å². The molecule has 0 bridgehead atoms. The van der Waals surface area contributed by atoms with E-state index in [0.717, 1.165) is 0 Å². The van der Waals surface area contributed by atoms with E-state index in [1.54, 1.807) is 24.3 Å². The lowest BCUT2D eigenvalue weighted by Crippen LogP contribution is -1.99.